The van der Waals surface area contributed by atoms with Crippen molar-refractivity contribution in [3.05, 3.63) is 0 Å². The molecule has 0 saturated carbocycles. The van der Waals surface area contributed by atoms with E-state index < -0.39 is 41.3 Å². The van der Waals surface area contributed by atoms with E-state index in [1.165, 1.54) is 0 Å². The number of carbonyl (C=O) groups excluding carboxylic acids is 5. The lowest BCUT2D eigenvalue weighted by molar-refractivity contribution is -0.159. The van der Waals surface area contributed by atoms with Crippen LogP contribution in [0.1, 0.15) is 119 Å². The third kappa shape index (κ3) is 30.3. The number of alkyl carbamates (subject to hydrolysis) is 1. The molecule has 0 aromatic rings. The highest BCUT2D eigenvalue weighted by molar-refractivity contribution is 5.90. The van der Waals surface area contributed by atoms with Gasteiger partial charge in [-0.3, -0.25) is 14.4 Å². The summed E-state index contributed by atoms with van der Waals surface area (Å²) in [5, 5.41) is 11.2. The molecule has 0 saturated heterocycles. The molecule has 15 heteroatoms. The van der Waals surface area contributed by atoms with Gasteiger partial charge in [0.2, 0.25) is 17.7 Å². The van der Waals surface area contributed by atoms with E-state index >= 15 is 0 Å². The highest BCUT2D eigenvalue weighted by Crippen LogP contribution is 2.13. The molecule has 51 heavy (non-hydrogen) atoms. The Kier molecular flexibility index (Phi) is 26.9. The number of unbranched alkanes of at least 4 members (excludes halogenated alkanes) is 4. The smallest absolute Gasteiger partial charge is 0.407 e. The topological polar surface area (TPSA) is 206 Å². The number of esters is 1. The number of hydrogen-bond donors (Lipinski definition) is 5. The average Bonchev–Trinajstić information content (AvgIpc) is 3.02. The van der Waals surface area contributed by atoms with Crippen LogP contribution in [0.15, 0.2) is 0 Å². The van der Waals surface area contributed by atoms with Gasteiger partial charge in [0.15, 0.2) is 0 Å². The van der Waals surface area contributed by atoms with Gasteiger partial charge in [-0.25, -0.2) is 9.59 Å². The first-order chi connectivity index (χ1) is 24.1. The van der Waals surface area contributed by atoms with E-state index in [1.54, 1.807) is 41.5 Å². The highest BCUT2D eigenvalue weighted by Gasteiger charge is 2.29. The Morgan fingerprint density at radius 2 is 1.14 bits per heavy atom. The van der Waals surface area contributed by atoms with Crippen molar-refractivity contribution in [1.29, 1.82) is 0 Å². The fourth-order valence-corrected chi connectivity index (χ4v) is 4.52. The normalized spacial score (nSPS) is 12.8. The number of hydrogen-bond acceptors (Lipinski definition) is 11. The largest absolute Gasteiger partial charge is 0.458 e. The Labute approximate surface area is 305 Å². The molecule has 0 aromatic heterocycles. The minimum atomic E-state index is -0.950. The minimum Gasteiger partial charge on any atom is -0.458 e. The Bertz CT molecular complexity index is 984. The van der Waals surface area contributed by atoms with Crippen molar-refractivity contribution in [2.24, 2.45) is 5.73 Å². The quantitative estimate of drug-likeness (QED) is 0.0558. The Morgan fingerprint density at radius 1 is 0.588 bits per heavy atom. The summed E-state index contributed by atoms with van der Waals surface area (Å²) >= 11 is 0. The van der Waals surface area contributed by atoms with E-state index in [0.29, 0.717) is 91.2 Å². The molecule has 0 radical (unpaired) electrons. The lowest BCUT2D eigenvalue weighted by Crippen LogP contribution is -2.52. The van der Waals surface area contributed by atoms with Crippen LogP contribution in [0, 0.1) is 0 Å². The van der Waals surface area contributed by atoms with E-state index in [0.717, 1.165) is 19.3 Å². The van der Waals surface area contributed by atoms with Gasteiger partial charge in [0, 0.05) is 32.5 Å². The third-order valence-corrected chi connectivity index (χ3v) is 6.98. The maximum atomic E-state index is 13.6. The average molecular weight is 732 g/mol. The Balaban J connectivity index is 5.24. The van der Waals surface area contributed by atoms with E-state index in [4.69, 9.17) is 29.4 Å². The molecule has 0 heterocycles. The van der Waals surface area contributed by atoms with Gasteiger partial charge in [-0.15, -0.1) is 0 Å². The van der Waals surface area contributed by atoms with Gasteiger partial charge in [0.05, 0.1) is 39.6 Å². The van der Waals surface area contributed by atoms with Crippen LogP contribution >= 0.6 is 0 Å². The zero-order valence-electron chi connectivity index (χ0n) is 32.5. The predicted molar refractivity (Wildman–Crippen MR) is 195 cm³/mol. The summed E-state index contributed by atoms with van der Waals surface area (Å²) in [6, 6.07) is -1.89. The number of amides is 4. The lowest BCUT2D eigenvalue weighted by atomic mass is 10.1. The number of rotatable bonds is 29. The minimum absolute atomic E-state index is 0.00297. The Hall–Kier alpha value is -3.01. The summed E-state index contributed by atoms with van der Waals surface area (Å²) in [5.74, 6) is -1.48. The van der Waals surface area contributed by atoms with E-state index in [2.05, 4.69) is 28.2 Å². The summed E-state index contributed by atoms with van der Waals surface area (Å²) in [6.07, 6.45) is 5.61. The zero-order chi connectivity index (χ0) is 38.5. The van der Waals surface area contributed by atoms with Crippen molar-refractivity contribution in [3.8, 4) is 0 Å². The molecule has 0 spiro atoms. The van der Waals surface area contributed by atoms with Gasteiger partial charge >= 0.3 is 12.1 Å². The first kappa shape index (κ1) is 48.0. The van der Waals surface area contributed by atoms with Crippen LogP contribution in [0.5, 0.6) is 0 Å². The molecule has 0 bridgehead atoms. The molecular formula is C36H69N5O10. The van der Waals surface area contributed by atoms with Crippen molar-refractivity contribution >= 4 is 29.8 Å². The van der Waals surface area contributed by atoms with Crippen molar-refractivity contribution in [2.75, 3.05) is 59.3 Å². The molecule has 15 nitrogen and oxygen atoms in total. The first-order valence-corrected chi connectivity index (χ1v) is 18.6. The first-order valence-electron chi connectivity index (χ1n) is 18.6. The van der Waals surface area contributed by atoms with Crippen LogP contribution in [0.2, 0.25) is 0 Å². The van der Waals surface area contributed by atoms with Crippen molar-refractivity contribution < 1.29 is 47.7 Å². The number of ether oxygens (including phenoxy) is 5. The molecule has 0 fully saturated rings. The maximum Gasteiger partial charge on any atom is 0.407 e. The van der Waals surface area contributed by atoms with Crippen LogP contribution < -0.4 is 27.0 Å². The number of carbonyl (C=O) groups is 5. The zero-order valence-corrected chi connectivity index (χ0v) is 32.5. The van der Waals surface area contributed by atoms with Crippen LogP contribution in [-0.2, 0) is 42.9 Å². The predicted octanol–water partition coefficient (Wildman–Crippen LogP) is 3.26. The fraction of sp³-hybridized carbons (Fsp3) is 0.861. The molecule has 2 atom stereocenters. The van der Waals surface area contributed by atoms with E-state index in [1.807, 2.05) is 0 Å². The molecule has 0 aliphatic rings. The van der Waals surface area contributed by atoms with Gasteiger partial charge in [-0.2, -0.15) is 0 Å². The molecule has 0 aliphatic heterocycles. The van der Waals surface area contributed by atoms with Gasteiger partial charge in [-0.05, 0) is 86.5 Å². The second kappa shape index (κ2) is 28.6. The van der Waals surface area contributed by atoms with Crippen molar-refractivity contribution in [3.63, 3.8) is 0 Å². The summed E-state index contributed by atoms with van der Waals surface area (Å²) < 4.78 is 27.0. The van der Waals surface area contributed by atoms with Crippen LogP contribution in [0.4, 0.5) is 4.79 Å². The third-order valence-electron chi connectivity index (χ3n) is 6.98. The van der Waals surface area contributed by atoms with Gasteiger partial charge < -0.3 is 50.7 Å². The van der Waals surface area contributed by atoms with Crippen molar-refractivity contribution in [2.45, 2.75) is 142 Å². The summed E-state index contributed by atoms with van der Waals surface area (Å²) in [7, 11) is 0. The molecule has 0 rings (SSSR count). The molecule has 0 aromatic carbocycles. The molecule has 0 aliphatic carbocycles. The van der Waals surface area contributed by atoms with Crippen LogP contribution in [0.25, 0.3) is 0 Å². The summed E-state index contributed by atoms with van der Waals surface area (Å²) in [4.78, 5) is 63.6. The molecule has 6 N–H and O–H groups in total. The van der Waals surface area contributed by atoms with Gasteiger partial charge in [0.1, 0.15) is 23.3 Å². The molecule has 2 unspecified atom stereocenters. The van der Waals surface area contributed by atoms with E-state index in [9.17, 15) is 24.0 Å². The van der Waals surface area contributed by atoms with E-state index in [-0.39, 0.29) is 31.3 Å². The number of nitrogens with two attached hydrogens (primary N) is 1. The Morgan fingerprint density at radius 3 is 1.71 bits per heavy atom. The van der Waals surface area contributed by atoms with Gasteiger partial charge in [-0.1, -0.05) is 19.8 Å². The maximum absolute atomic E-state index is 13.6. The molecule has 298 valence electrons. The summed E-state index contributed by atoms with van der Waals surface area (Å²) in [5.41, 5.74) is 3.97. The fourth-order valence-electron chi connectivity index (χ4n) is 4.52. The number of nitrogens with one attached hydrogen (secondary N) is 4. The monoisotopic (exact) mass is 732 g/mol. The molecule has 4 amide bonds. The molecular weight excluding hydrogens is 662 g/mol. The van der Waals surface area contributed by atoms with Gasteiger partial charge in [0.25, 0.3) is 0 Å². The highest BCUT2D eigenvalue weighted by atomic mass is 16.6. The summed E-state index contributed by atoms with van der Waals surface area (Å²) in [6.45, 7) is 16.0. The van der Waals surface area contributed by atoms with Crippen LogP contribution in [-0.4, -0.2) is 112 Å². The van der Waals surface area contributed by atoms with Crippen molar-refractivity contribution in [1.82, 2.24) is 21.3 Å². The SMILES string of the molecule is CCCCCC(=O)NCCCCC(NC(=O)C(CCCCNC(=O)OC(C)(C)C)NC(=O)CCOCCOCCOCCN)C(=O)OC(C)(C)C. The second-order valence-electron chi connectivity index (χ2n) is 14.3. The van der Waals surface area contributed by atoms with Crippen LogP contribution in [0.3, 0.4) is 0 Å². The lowest BCUT2D eigenvalue weighted by Gasteiger charge is -2.26. The second-order valence-corrected chi connectivity index (χ2v) is 14.3. The standard InChI is InChI=1S/C36H69N5O10/c1-8-9-10-17-30(42)38-20-13-12-16-29(33(45)50-35(2,3)4)41-32(44)28(15-11-14-21-39-34(46)51-36(5,6)7)40-31(43)18-22-47-24-26-49-27-25-48-23-19-37/h28-29H,8-27,37H2,1-7H3,(H,38,42)(H,39,46)(H,40,43)(H,41,44).